The van der Waals surface area contributed by atoms with Crippen LogP contribution in [0.25, 0.3) is 0 Å². The van der Waals surface area contributed by atoms with Crippen LogP contribution in [0.4, 0.5) is 0 Å². The normalized spacial score (nSPS) is 17.4. The van der Waals surface area contributed by atoms with E-state index in [1.807, 2.05) is 30.9 Å². The number of rotatable bonds is 4. The molecule has 0 aromatic carbocycles. The summed E-state index contributed by atoms with van der Waals surface area (Å²) in [6, 6.07) is 3.99. The highest BCUT2D eigenvalue weighted by Crippen LogP contribution is 2.32. The molecule has 1 amide bonds. The summed E-state index contributed by atoms with van der Waals surface area (Å²) in [6.45, 7) is 4.48. The Bertz CT molecular complexity index is 814. The summed E-state index contributed by atoms with van der Waals surface area (Å²) >= 11 is 0. The third kappa shape index (κ3) is 3.75. The number of nitrogens with zero attached hydrogens (tertiary/aromatic N) is 2. The number of hydrogen-bond donors (Lipinski definition) is 1. The fraction of sp³-hybridized carbons (Fsp3) is 0.476. The lowest BCUT2D eigenvalue weighted by molar-refractivity contribution is 0.0599. The van der Waals surface area contributed by atoms with Gasteiger partial charge in [-0.05, 0) is 49.4 Å². The number of pyridine rings is 1. The van der Waals surface area contributed by atoms with Crippen LogP contribution in [0.15, 0.2) is 24.5 Å². The van der Waals surface area contributed by atoms with Crippen LogP contribution in [-0.4, -0.2) is 40.4 Å². The molecule has 144 valence electrons. The summed E-state index contributed by atoms with van der Waals surface area (Å²) in [5, 5.41) is 0. The molecular weight excluding hydrogens is 342 g/mol. The van der Waals surface area contributed by atoms with E-state index >= 15 is 0 Å². The van der Waals surface area contributed by atoms with Crippen molar-refractivity contribution in [1.29, 1.82) is 0 Å². The van der Waals surface area contributed by atoms with Crippen molar-refractivity contribution in [3.05, 3.63) is 52.6 Å². The van der Waals surface area contributed by atoms with Gasteiger partial charge in [-0.15, -0.1) is 0 Å². The Morgan fingerprint density at radius 2 is 2.00 bits per heavy atom. The number of hydrogen-bond acceptors (Lipinski definition) is 4. The molecule has 3 heterocycles. The molecule has 27 heavy (non-hydrogen) atoms. The maximum Gasteiger partial charge on any atom is 0.339 e. The third-order valence-corrected chi connectivity index (χ3v) is 5.39. The number of aromatic nitrogens is 2. The Labute approximate surface area is 159 Å². The molecule has 1 aliphatic rings. The molecular formula is C21H27N3O3. The Morgan fingerprint density at radius 3 is 2.67 bits per heavy atom. The van der Waals surface area contributed by atoms with Crippen LogP contribution in [0.3, 0.4) is 0 Å². The van der Waals surface area contributed by atoms with Gasteiger partial charge in [-0.1, -0.05) is 19.8 Å². The monoisotopic (exact) mass is 369 g/mol. The van der Waals surface area contributed by atoms with Crippen LogP contribution in [0, 0.1) is 6.92 Å². The second kappa shape index (κ2) is 8.37. The number of amides is 1. The number of nitrogens with one attached hydrogen (secondary N) is 1. The molecule has 0 bridgehead atoms. The number of esters is 1. The molecule has 0 aliphatic carbocycles. The number of carbonyl (C=O) groups excluding carboxylic acids is 2. The van der Waals surface area contributed by atoms with Crippen LogP contribution >= 0.6 is 0 Å². The number of likely N-dealkylation sites (tertiary alicyclic amines) is 1. The van der Waals surface area contributed by atoms with Crippen LogP contribution in [0.2, 0.25) is 0 Å². The van der Waals surface area contributed by atoms with E-state index in [4.69, 9.17) is 4.74 Å². The first-order chi connectivity index (χ1) is 13.1. The number of ether oxygens (including phenoxy) is 1. The minimum absolute atomic E-state index is 0.0253. The molecule has 0 spiro atoms. The van der Waals surface area contributed by atoms with Gasteiger partial charge in [-0.25, -0.2) is 4.79 Å². The first-order valence-corrected chi connectivity index (χ1v) is 9.59. The van der Waals surface area contributed by atoms with Gasteiger partial charge < -0.3 is 14.6 Å². The van der Waals surface area contributed by atoms with Crippen molar-refractivity contribution in [2.75, 3.05) is 13.7 Å². The van der Waals surface area contributed by atoms with Gasteiger partial charge in [-0.2, -0.15) is 0 Å². The van der Waals surface area contributed by atoms with Gasteiger partial charge in [-0.3, -0.25) is 9.78 Å². The van der Waals surface area contributed by atoms with E-state index in [9.17, 15) is 9.59 Å². The van der Waals surface area contributed by atoms with Crippen molar-refractivity contribution in [1.82, 2.24) is 14.9 Å². The third-order valence-electron chi connectivity index (χ3n) is 5.39. The Hall–Kier alpha value is -2.63. The molecule has 1 N–H and O–H groups in total. The van der Waals surface area contributed by atoms with Crippen LogP contribution in [0.5, 0.6) is 0 Å². The van der Waals surface area contributed by atoms with Gasteiger partial charge in [0, 0.05) is 24.6 Å². The first-order valence-electron chi connectivity index (χ1n) is 9.59. The summed E-state index contributed by atoms with van der Waals surface area (Å²) in [4.78, 5) is 34.9. The minimum Gasteiger partial charge on any atom is -0.465 e. The Morgan fingerprint density at radius 1 is 1.26 bits per heavy atom. The Balaban J connectivity index is 2.00. The molecule has 1 aliphatic heterocycles. The quantitative estimate of drug-likeness (QED) is 0.831. The van der Waals surface area contributed by atoms with E-state index in [0.29, 0.717) is 29.8 Å². The zero-order valence-electron chi connectivity index (χ0n) is 16.2. The van der Waals surface area contributed by atoms with Crippen molar-refractivity contribution in [3.63, 3.8) is 0 Å². The number of methoxy groups -OCH3 is 1. The Kier molecular flexibility index (Phi) is 5.94. The average molecular weight is 369 g/mol. The standard InChI is InChI=1S/C21H27N3O3/c1-4-16-18(21(26)27-3)14(2)19(23-16)20(25)24-13-7-5-6-8-17(24)15-9-11-22-12-10-15/h9-12,17,23H,4-8,13H2,1-3H3/t17-/m1/s1. The summed E-state index contributed by atoms with van der Waals surface area (Å²) < 4.78 is 4.92. The van der Waals surface area contributed by atoms with Gasteiger partial charge >= 0.3 is 5.97 Å². The molecule has 1 atom stereocenters. The fourth-order valence-electron chi connectivity index (χ4n) is 3.94. The van der Waals surface area contributed by atoms with Crippen molar-refractivity contribution >= 4 is 11.9 Å². The number of H-pyrrole nitrogens is 1. The molecule has 2 aromatic rings. The summed E-state index contributed by atoms with van der Waals surface area (Å²) in [5.41, 5.74) is 3.50. The lowest BCUT2D eigenvalue weighted by atomic mass is 10.0. The summed E-state index contributed by atoms with van der Waals surface area (Å²) in [6.07, 6.45) is 8.29. The van der Waals surface area contributed by atoms with Gasteiger partial charge in [0.05, 0.1) is 18.7 Å². The number of carbonyl (C=O) groups is 2. The topological polar surface area (TPSA) is 75.3 Å². The predicted octanol–water partition coefficient (Wildman–Crippen LogP) is 3.82. The van der Waals surface area contributed by atoms with Crippen LogP contribution < -0.4 is 0 Å². The zero-order valence-corrected chi connectivity index (χ0v) is 16.2. The van der Waals surface area contributed by atoms with E-state index in [2.05, 4.69) is 9.97 Å². The van der Waals surface area contributed by atoms with Crippen molar-refractivity contribution < 1.29 is 14.3 Å². The summed E-state index contributed by atoms with van der Waals surface area (Å²) in [7, 11) is 1.37. The highest BCUT2D eigenvalue weighted by atomic mass is 16.5. The van der Waals surface area contributed by atoms with Gasteiger partial charge in [0.25, 0.3) is 5.91 Å². The second-order valence-electron chi connectivity index (χ2n) is 6.97. The highest BCUT2D eigenvalue weighted by Gasteiger charge is 2.31. The van der Waals surface area contributed by atoms with Crippen molar-refractivity contribution in [2.45, 2.75) is 52.0 Å². The van der Waals surface area contributed by atoms with E-state index in [1.165, 1.54) is 7.11 Å². The van der Waals surface area contributed by atoms with E-state index in [1.54, 1.807) is 12.4 Å². The molecule has 0 saturated carbocycles. The molecule has 1 fully saturated rings. The van der Waals surface area contributed by atoms with Gasteiger partial charge in [0.2, 0.25) is 0 Å². The van der Waals surface area contributed by atoms with Gasteiger partial charge in [0.15, 0.2) is 0 Å². The summed E-state index contributed by atoms with van der Waals surface area (Å²) in [5.74, 6) is -0.456. The molecule has 2 aromatic heterocycles. The highest BCUT2D eigenvalue weighted by molar-refractivity contribution is 6.00. The van der Waals surface area contributed by atoms with Crippen molar-refractivity contribution in [2.24, 2.45) is 0 Å². The first kappa shape index (κ1) is 19.1. The zero-order chi connectivity index (χ0) is 19.4. The molecule has 0 unspecified atom stereocenters. The molecule has 6 heteroatoms. The van der Waals surface area contributed by atoms with E-state index in [-0.39, 0.29) is 11.9 Å². The van der Waals surface area contributed by atoms with Crippen molar-refractivity contribution in [3.8, 4) is 0 Å². The maximum atomic E-state index is 13.5. The lowest BCUT2D eigenvalue weighted by Crippen LogP contribution is -2.35. The molecule has 6 nitrogen and oxygen atoms in total. The van der Waals surface area contributed by atoms with Crippen LogP contribution in [0.1, 0.15) is 76.3 Å². The fourth-order valence-corrected chi connectivity index (χ4v) is 3.94. The smallest absolute Gasteiger partial charge is 0.339 e. The molecule has 1 saturated heterocycles. The van der Waals surface area contributed by atoms with Gasteiger partial charge in [0.1, 0.15) is 5.69 Å². The minimum atomic E-state index is -0.402. The average Bonchev–Trinajstić information content (AvgIpc) is 2.87. The van der Waals surface area contributed by atoms with Crippen LogP contribution in [-0.2, 0) is 11.2 Å². The number of aromatic amines is 1. The number of aryl methyl sites for hydroxylation is 1. The maximum absolute atomic E-state index is 13.5. The molecule has 0 radical (unpaired) electrons. The van der Waals surface area contributed by atoms with E-state index < -0.39 is 5.97 Å². The molecule has 3 rings (SSSR count). The lowest BCUT2D eigenvalue weighted by Gasteiger charge is -2.30. The predicted molar refractivity (Wildman–Crippen MR) is 103 cm³/mol. The second-order valence-corrected chi connectivity index (χ2v) is 6.97. The SMILES string of the molecule is CCc1[nH]c(C(=O)N2CCCCC[C@@H]2c2ccncc2)c(C)c1C(=O)OC. The largest absolute Gasteiger partial charge is 0.465 e. The van der Waals surface area contributed by atoms with E-state index in [0.717, 1.165) is 36.9 Å².